The molecular formula is C14H8Cl3F3. The Morgan fingerprint density at radius 3 is 1.60 bits per heavy atom. The quantitative estimate of drug-likeness (QED) is 0.543. The third-order valence-corrected chi connectivity index (χ3v) is 3.37. The van der Waals surface area contributed by atoms with Crippen LogP contribution in [0, 0.1) is 0 Å². The Bertz CT molecular complexity index is 560. The second-order valence-electron chi connectivity index (χ2n) is 4.16. The van der Waals surface area contributed by atoms with Crippen molar-refractivity contribution in [2.45, 2.75) is 9.97 Å². The molecule has 2 aromatic rings. The molecule has 0 amide bonds. The van der Waals surface area contributed by atoms with Crippen LogP contribution in [0.2, 0.25) is 0 Å². The van der Waals surface area contributed by atoms with Crippen molar-refractivity contribution >= 4 is 34.8 Å². The molecule has 0 saturated heterocycles. The molecule has 0 radical (unpaired) electrons. The van der Waals surface area contributed by atoms with Gasteiger partial charge in [-0.25, -0.2) is 0 Å². The van der Waals surface area contributed by atoms with Crippen LogP contribution in [-0.2, 0) is 9.97 Å². The second-order valence-corrected chi connectivity index (χ2v) is 6.44. The molecule has 0 aromatic heterocycles. The molecule has 0 atom stereocenters. The summed E-state index contributed by atoms with van der Waals surface area (Å²) in [7, 11) is 0. The van der Waals surface area contributed by atoms with Gasteiger partial charge in [0.1, 0.15) is 0 Å². The lowest BCUT2D eigenvalue weighted by Crippen LogP contribution is -2.04. The minimum atomic E-state index is -4.39. The topological polar surface area (TPSA) is 0 Å². The molecule has 0 N–H and O–H groups in total. The lowest BCUT2D eigenvalue weighted by atomic mass is 10.0. The third kappa shape index (κ3) is 3.60. The number of alkyl halides is 6. The van der Waals surface area contributed by atoms with Gasteiger partial charge in [-0.1, -0.05) is 65.1 Å². The van der Waals surface area contributed by atoms with Gasteiger partial charge in [-0.05, 0) is 29.3 Å². The SMILES string of the molecule is FC(F)(F)c1cccc(-c2cccc(C(Cl)(Cl)Cl)c2)c1. The number of rotatable bonds is 1. The Morgan fingerprint density at radius 2 is 1.15 bits per heavy atom. The highest BCUT2D eigenvalue weighted by Crippen LogP contribution is 2.40. The number of hydrogen-bond acceptors (Lipinski definition) is 0. The number of hydrogen-bond donors (Lipinski definition) is 0. The molecule has 0 heterocycles. The zero-order valence-electron chi connectivity index (χ0n) is 9.89. The van der Waals surface area contributed by atoms with Gasteiger partial charge in [0.25, 0.3) is 0 Å². The molecule has 0 bridgehead atoms. The Balaban J connectivity index is 2.47. The lowest BCUT2D eigenvalue weighted by molar-refractivity contribution is -0.137. The lowest BCUT2D eigenvalue weighted by Gasteiger charge is -2.13. The summed E-state index contributed by atoms with van der Waals surface area (Å²) in [6, 6.07) is 11.5. The molecule has 2 rings (SSSR count). The average molecular weight is 340 g/mol. The minimum Gasteiger partial charge on any atom is -0.166 e. The zero-order valence-corrected chi connectivity index (χ0v) is 12.2. The monoisotopic (exact) mass is 338 g/mol. The fourth-order valence-corrected chi connectivity index (χ4v) is 2.10. The van der Waals surface area contributed by atoms with E-state index in [4.69, 9.17) is 34.8 Å². The predicted octanol–water partition coefficient (Wildman–Crippen LogP) is 6.20. The Hall–Kier alpha value is -0.900. The summed E-state index contributed by atoms with van der Waals surface area (Å²) < 4.78 is 36.5. The molecule has 0 aliphatic heterocycles. The maximum Gasteiger partial charge on any atom is 0.416 e. The highest BCUT2D eigenvalue weighted by Gasteiger charge is 2.30. The summed E-state index contributed by atoms with van der Waals surface area (Å²) in [5, 5.41) is 0. The van der Waals surface area contributed by atoms with Crippen LogP contribution in [0.5, 0.6) is 0 Å². The van der Waals surface area contributed by atoms with E-state index in [1.165, 1.54) is 6.07 Å². The molecular weight excluding hydrogens is 332 g/mol. The first-order valence-corrected chi connectivity index (χ1v) is 6.66. The summed E-state index contributed by atoms with van der Waals surface area (Å²) >= 11 is 17.3. The highest BCUT2D eigenvalue weighted by molar-refractivity contribution is 6.66. The van der Waals surface area contributed by atoms with Gasteiger partial charge in [0.05, 0.1) is 5.56 Å². The molecule has 20 heavy (non-hydrogen) atoms. The van der Waals surface area contributed by atoms with Crippen molar-refractivity contribution in [1.82, 2.24) is 0 Å². The van der Waals surface area contributed by atoms with Gasteiger partial charge in [0.15, 0.2) is 0 Å². The highest BCUT2D eigenvalue weighted by atomic mass is 35.6. The van der Waals surface area contributed by atoms with Crippen molar-refractivity contribution in [2.24, 2.45) is 0 Å². The van der Waals surface area contributed by atoms with Crippen molar-refractivity contribution in [3.8, 4) is 11.1 Å². The Kier molecular flexibility index (Phi) is 4.24. The first-order valence-electron chi connectivity index (χ1n) is 5.53. The molecule has 2 aromatic carbocycles. The van der Waals surface area contributed by atoms with Gasteiger partial charge in [-0.3, -0.25) is 0 Å². The smallest absolute Gasteiger partial charge is 0.166 e. The largest absolute Gasteiger partial charge is 0.416 e. The van der Waals surface area contributed by atoms with Gasteiger partial charge >= 0.3 is 6.18 Å². The summed E-state index contributed by atoms with van der Waals surface area (Å²) in [5.74, 6) is 0. The standard InChI is InChI=1S/C14H8Cl3F3/c15-13(16,17)11-5-1-3-9(7-11)10-4-2-6-12(8-10)14(18,19)20/h1-8H. The summed E-state index contributed by atoms with van der Waals surface area (Å²) in [5.41, 5.74) is 0.655. The maximum absolute atomic E-state index is 12.7. The van der Waals surface area contributed by atoms with Crippen LogP contribution in [0.3, 0.4) is 0 Å². The van der Waals surface area contributed by atoms with E-state index >= 15 is 0 Å². The molecule has 106 valence electrons. The molecule has 0 saturated carbocycles. The third-order valence-electron chi connectivity index (χ3n) is 2.71. The number of halogens is 6. The van der Waals surface area contributed by atoms with Crippen molar-refractivity contribution in [2.75, 3.05) is 0 Å². The van der Waals surface area contributed by atoms with Crippen LogP contribution in [0.1, 0.15) is 11.1 Å². The van der Waals surface area contributed by atoms with Crippen LogP contribution in [0.4, 0.5) is 13.2 Å². The fourth-order valence-electron chi connectivity index (χ4n) is 1.75. The van der Waals surface area contributed by atoms with Gasteiger partial charge < -0.3 is 0 Å². The first-order chi connectivity index (χ1) is 9.18. The van der Waals surface area contributed by atoms with Crippen molar-refractivity contribution < 1.29 is 13.2 Å². The van der Waals surface area contributed by atoms with Crippen molar-refractivity contribution in [3.05, 3.63) is 59.7 Å². The molecule has 0 nitrogen and oxygen atoms in total. The first kappa shape index (κ1) is 15.5. The van der Waals surface area contributed by atoms with Crippen LogP contribution < -0.4 is 0 Å². The molecule has 0 aliphatic rings. The second kappa shape index (κ2) is 5.47. The Morgan fingerprint density at radius 1 is 0.700 bits per heavy atom. The van der Waals surface area contributed by atoms with E-state index in [0.29, 0.717) is 16.7 Å². The molecule has 6 heteroatoms. The van der Waals surface area contributed by atoms with E-state index in [-0.39, 0.29) is 0 Å². The molecule has 0 fully saturated rings. The average Bonchev–Trinajstić information content (AvgIpc) is 2.37. The minimum absolute atomic E-state index is 0.400. The van der Waals surface area contributed by atoms with Gasteiger partial charge in [-0.2, -0.15) is 13.2 Å². The van der Waals surface area contributed by atoms with Crippen LogP contribution in [0.25, 0.3) is 11.1 Å². The van der Waals surface area contributed by atoms with Crippen molar-refractivity contribution in [1.29, 1.82) is 0 Å². The molecule has 0 spiro atoms. The van der Waals surface area contributed by atoms with Crippen LogP contribution in [-0.4, -0.2) is 0 Å². The van der Waals surface area contributed by atoms with Gasteiger partial charge in [-0.15, -0.1) is 0 Å². The normalized spacial score (nSPS) is 12.5. The fraction of sp³-hybridized carbons (Fsp3) is 0.143. The van der Waals surface area contributed by atoms with Crippen LogP contribution in [0.15, 0.2) is 48.5 Å². The van der Waals surface area contributed by atoms with E-state index in [1.54, 1.807) is 30.3 Å². The molecule has 0 aliphatic carbocycles. The van der Waals surface area contributed by atoms with E-state index in [1.807, 2.05) is 0 Å². The predicted molar refractivity (Wildman–Crippen MR) is 76.1 cm³/mol. The summed E-state index contributed by atoms with van der Waals surface area (Å²) in [4.78, 5) is 0. The molecule has 0 unspecified atom stereocenters. The van der Waals surface area contributed by atoms with Crippen molar-refractivity contribution in [3.63, 3.8) is 0 Å². The van der Waals surface area contributed by atoms with Gasteiger partial charge in [0.2, 0.25) is 3.79 Å². The zero-order chi connectivity index (χ0) is 15.0. The van der Waals surface area contributed by atoms with E-state index < -0.39 is 15.5 Å². The van der Waals surface area contributed by atoms with E-state index in [0.717, 1.165) is 12.1 Å². The van der Waals surface area contributed by atoms with Crippen LogP contribution >= 0.6 is 34.8 Å². The summed E-state index contributed by atoms with van der Waals surface area (Å²) in [6.07, 6.45) is -4.39. The van der Waals surface area contributed by atoms with Gasteiger partial charge in [0, 0.05) is 5.56 Å². The maximum atomic E-state index is 12.7. The number of benzene rings is 2. The van der Waals surface area contributed by atoms with E-state index in [9.17, 15) is 13.2 Å². The summed E-state index contributed by atoms with van der Waals surface area (Å²) in [6.45, 7) is 0. The Labute approximate surface area is 129 Å². The van der Waals surface area contributed by atoms with E-state index in [2.05, 4.69) is 0 Å².